The van der Waals surface area contributed by atoms with Gasteiger partial charge in [0.1, 0.15) is 11.5 Å². The topological polar surface area (TPSA) is 54.0 Å². The van der Waals surface area contributed by atoms with Crippen molar-refractivity contribution in [2.24, 2.45) is 5.92 Å². The van der Waals surface area contributed by atoms with E-state index in [-0.39, 0.29) is 11.9 Å². The predicted octanol–water partition coefficient (Wildman–Crippen LogP) is 2.70. The number of hydrogen-bond donors (Lipinski definition) is 2. The first-order valence-electron chi connectivity index (χ1n) is 6.33. The van der Waals surface area contributed by atoms with Crippen molar-refractivity contribution in [3.05, 3.63) is 22.8 Å². The summed E-state index contributed by atoms with van der Waals surface area (Å²) in [5.74, 6) is 1.07. The first-order chi connectivity index (χ1) is 8.61. The summed E-state index contributed by atoms with van der Waals surface area (Å²) < 4.78 is 0. The summed E-state index contributed by atoms with van der Waals surface area (Å²) in [4.78, 5) is 16.3. The summed E-state index contributed by atoms with van der Waals surface area (Å²) in [6, 6.07) is 3.77. The second-order valence-corrected chi connectivity index (χ2v) is 5.15. The zero-order valence-corrected chi connectivity index (χ0v) is 11.4. The Hall–Kier alpha value is -1.29. The molecule has 0 spiro atoms. The van der Waals surface area contributed by atoms with Gasteiger partial charge in [-0.05, 0) is 30.9 Å². The van der Waals surface area contributed by atoms with E-state index in [2.05, 4.69) is 29.5 Å². The molecule has 1 aromatic heterocycles. The van der Waals surface area contributed by atoms with Crippen molar-refractivity contribution in [3.8, 4) is 0 Å². The molecule has 0 saturated heterocycles. The van der Waals surface area contributed by atoms with Crippen LogP contribution in [0.25, 0.3) is 0 Å². The molecule has 2 N–H and O–H groups in total. The predicted molar refractivity (Wildman–Crippen MR) is 73.1 cm³/mol. The smallest absolute Gasteiger partial charge is 0.271 e. The molecule has 98 valence electrons. The van der Waals surface area contributed by atoms with Gasteiger partial charge in [0.15, 0.2) is 0 Å². The number of carbonyl (C=O) groups excluding carboxylic acids is 1. The number of pyridine rings is 1. The molecule has 2 rings (SSSR count). The molecule has 1 aliphatic rings. The Kier molecular flexibility index (Phi) is 4.07. The molecule has 1 heterocycles. The van der Waals surface area contributed by atoms with Crippen molar-refractivity contribution in [1.82, 2.24) is 10.3 Å². The van der Waals surface area contributed by atoms with Gasteiger partial charge in [-0.1, -0.05) is 25.4 Å². The van der Waals surface area contributed by atoms with Gasteiger partial charge in [-0.25, -0.2) is 4.98 Å². The van der Waals surface area contributed by atoms with Crippen LogP contribution in [0.1, 0.15) is 37.2 Å². The number of amides is 1. The highest BCUT2D eigenvalue weighted by atomic mass is 35.5. The molecular formula is C13H18ClN3O. The maximum atomic E-state index is 12.0. The fourth-order valence-corrected chi connectivity index (χ4v) is 1.90. The number of nitrogens with one attached hydrogen (secondary N) is 2. The SMILES string of the molecule is CCCNc1ccc(Cl)c(C(=O)NC2CC2C)n1. The number of nitrogens with zero attached hydrogens (tertiary/aromatic N) is 1. The normalized spacial score (nSPS) is 21.5. The molecular weight excluding hydrogens is 250 g/mol. The number of anilines is 1. The van der Waals surface area contributed by atoms with Crippen molar-refractivity contribution in [1.29, 1.82) is 0 Å². The second-order valence-electron chi connectivity index (χ2n) is 4.75. The van der Waals surface area contributed by atoms with Crippen LogP contribution < -0.4 is 10.6 Å². The van der Waals surface area contributed by atoms with E-state index in [0.717, 1.165) is 19.4 Å². The van der Waals surface area contributed by atoms with Crippen molar-refractivity contribution in [2.75, 3.05) is 11.9 Å². The largest absolute Gasteiger partial charge is 0.370 e. The third kappa shape index (κ3) is 3.13. The minimum atomic E-state index is -0.186. The molecule has 4 nitrogen and oxygen atoms in total. The highest BCUT2D eigenvalue weighted by molar-refractivity contribution is 6.33. The summed E-state index contributed by atoms with van der Waals surface area (Å²) in [5, 5.41) is 6.47. The van der Waals surface area contributed by atoms with E-state index in [0.29, 0.717) is 22.5 Å². The van der Waals surface area contributed by atoms with E-state index >= 15 is 0 Å². The average Bonchev–Trinajstić information content (AvgIpc) is 3.03. The molecule has 0 aliphatic heterocycles. The Morgan fingerprint density at radius 1 is 1.56 bits per heavy atom. The average molecular weight is 268 g/mol. The van der Waals surface area contributed by atoms with E-state index in [1.54, 1.807) is 12.1 Å². The van der Waals surface area contributed by atoms with E-state index < -0.39 is 0 Å². The molecule has 0 bridgehead atoms. The molecule has 2 atom stereocenters. The molecule has 0 aromatic carbocycles. The minimum Gasteiger partial charge on any atom is -0.370 e. The molecule has 0 radical (unpaired) electrons. The number of hydrogen-bond acceptors (Lipinski definition) is 3. The zero-order valence-electron chi connectivity index (χ0n) is 10.7. The molecule has 5 heteroatoms. The van der Waals surface area contributed by atoms with Crippen LogP contribution in [0.4, 0.5) is 5.82 Å². The summed E-state index contributed by atoms with van der Waals surface area (Å²) in [7, 11) is 0. The maximum Gasteiger partial charge on any atom is 0.271 e. The number of aromatic nitrogens is 1. The van der Waals surface area contributed by atoms with Crippen LogP contribution >= 0.6 is 11.6 Å². The van der Waals surface area contributed by atoms with Crippen LogP contribution in [0.2, 0.25) is 5.02 Å². The molecule has 1 aromatic rings. The van der Waals surface area contributed by atoms with Crippen LogP contribution in [0.5, 0.6) is 0 Å². The van der Waals surface area contributed by atoms with Gasteiger partial charge in [0.2, 0.25) is 0 Å². The number of carbonyl (C=O) groups is 1. The Morgan fingerprint density at radius 3 is 2.89 bits per heavy atom. The Bertz CT molecular complexity index is 450. The van der Waals surface area contributed by atoms with Gasteiger partial charge in [0.05, 0.1) is 5.02 Å². The van der Waals surface area contributed by atoms with Crippen LogP contribution in [0.15, 0.2) is 12.1 Å². The van der Waals surface area contributed by atoms with Crippen LogP contribution in [-0.2, 0) is 0 Å². The van der Waals surface area contributed by atoms with Gasteiger partial charge < -0.3 is 10.6 Å². The monoisotopic (exact) mass is 267 g/mol. The van der Waals surface area contributed by atoms with Gasteiger partial charge in [-0.3, -0.25) is 4.79 Å². The Balaban J connectivity index is 2.07. The van der Waals surface area contributed by atoms with Crippen LogP contribution in [0, 0.1) is 5.92 Å². The third-order valence-electron chi connectivity index (χ3n) is 3.04. The van der Waals surface area contributed by atoms with Gasteiger partial charge in [0.25, 0.3) is 5.91 Å². The standard InChI is InChI=1S/C13H18ClN3O/c1-3-6-15-11-5-4-9(14)12(17-11)13(18)16-10-7-8(10)2/h4-5,8,10H,3,6-7H2,1-2H3,(H,15,17)(H,16,18). The van der Waals surface area contributed by atoms with Gasteiger partial charge in [-0.2, -0.15) is 0 Å². The van der Waals surface area contributed by atoms with Crippen molar-refractivity contribution in [2.45, 2.75) is 32.7 Å². The van der Waals surface area contributed by atoms with Crippen molar-refractivity contribution >= 4 is 23.3 Å². The zero-order chi connectivity index (χ0) is 13.1. The molecule has 18 heavy (non-hydrogen) atoms. The first kappa shape index (κ1) is 13.1. The maximum absolute atomic E-state index is 12.0. The quantitative estimate of drug-likeness (QED) is 0.862. The van der Waals surface area contributed by atoms with Gasteiger partial charge in [0, 0.05) is 12.6 Å². The number of rotatable bonds is 5. The van der Waals surface area contributed by atoms with Crippen molar-refractivity contribution < 1.29 is 4.79 Å². The van der Waals surface area contributed by atoms with Crippen LogP contribution in [-0.4, -0.2) is 23.5 Å². The summed E-state index contributed by atoms with van der Waals surface area (Å²) >= 11 is 6.01. The minimum absolute atomic E-state index is 0.186. The third-order valence-corrected chi connectivity index (χ3v) is 3.35. The lowest BCUT2D eigenvalue weighted by Gasteiger charge is -2.08. The fraction of sp³-hybridized carbons (Fsp3) is 0.538. The van der Waals surface area contributed by atoms with Gasteiger partial charge >= 0.3 is 0 Å². The fourth-order valence-electron chi connectivity index (χ4n) is 1.71. The highest BCUT2D eigenvalue weighted by Crippen LogP contribution is 2.29. The molecule has 1 amide bonds. The lowest BCUT2D eigenvalue weighted by molar-refractivity contribution is 0.0944. The number of halogens is 1. The first-order valence-corrected chi connectivity index (χ1v) is 6.71. The lowest BCUT2D eigenvalue weighted by atomic mass is 10.3. The Labute approximate surface area is 112 Å². The summed E-state index contributed by atoms with van der Waals surface area (Å²) in [5.41, 5.74) is 0.303. The van der Waals surface area contributed by atoms with Gasteiger partial charge in [-0.15, -0.1) is 0 Å². The molecule has 1 aliphatic carbocycles. The van der Waals surface area contributed by atoms with E-state index in [1.165, 1.54) is 0 Å². The van der Waals surface area contributed by atoms with Crippen molar-refractivity contribution in [3.63, 3.8) is 0 Å². The summed E-state index contributed by atoms with van der Waals surface area (Å²) in [6.07, 6.45) is 2.04. The summed E-state index contributed by atoms with van der Waals surface area (Å²) in [6.45, 7) is 5.01. The lowest BCUT2D eigenvalue weighted by Crippen LogP contribution is -2.28. The molecule has 1 saturated carbocycles. The second kappa shape index (κ2) is 5.57. The van der Waals surface area contributed by atoms with E-state index in [4.69, 9.17) is 11.6 Å². The highest BCUT2D eigenvalue weighted by Gasteiger charge is 2.34. The van der Waals surface area contributed by atoms with Crippen LogP contribution in [0.3, 0.4) is 0 Å². The molecule has 1 fully saturated rings. The van der Waals surface area contributed by atoms with E-state index in [9.17, 15) is 4.79 Å². The van der Waals surface area contributed by atoms with E-state index in [1.807, 2.05) is 0 Å². The molecule has 2 unspecified atom stereocenters. The Morgan fingerprint density at radius 2 is 2.28 bits per heavy atom.